The minimum atomic E-state index is 0.276. The Hall–Kier alpha value is -2.69. The fourth-order valence-electron chi connectivity index (χ4n) is 2.00. The maximum Gasteiger partial charge on any atom is 0.295 e. The summed E-state index contributed by atoms with van der Waals surface area (Å²) in [6, 6.07) is 13.0. The highest BCUT2D eigenvalue weighted by Crippen LogP contribution is 2.21. The van der Waals surface area contributed by atoms with Crippen LogP contribution in [0.4, 0.5) is 11.7 Å². The number of rotatable bonds is 4. The maximum atomic E-state index is 9.21. The summed E-state index contributed by atoms with van der Waals surface area (Å²) in [5.74, 6) is 0.276. The van der Waals surface area contributed by atoms with E-state index in [4.69, 9.17) is 10.2 Å². The van der Waals surface area contributed by atoms with Crippen molar-refractivity contribution in [2.75, 3.05) is 17.6 Å². The van der Waals surface area contributed by atoms with E-state index in [0.717, 1.165) is 17.5 Å². The van der Waals surface area contributed by atoms with Gasteiger partial charge in [-0.15, -0.1) is 0 Å². The van der Waals surface area contributed by atoms with E-state index in [0.29, 0.717) is 23.8 Å². The summed E-state index contributed by atoms with van der Waals surface area (Å²) in [6.07, 6.45) is 0.821. The van der Waals surface area contributed by atoms with Gasteiger partial charge in [0.2, 0.25) is 0 Å². The Morgan fingerprint density at radius 1 is 1.15 bits per heavy atom. The minimum absolute atomic E-state index is 0.276. The standard InChI is InChI=1S/C15H15N3O2/c16-11-3-6-14-13(9-11)18-15(20-14)17-8-7-10-1-4-12(19)5-2-10/h1-6,9,19H,7-8,16H2,(H,17,18). The van der Waals surface area contributed by atoms with E-state index < -0.39 is 0 Å². The maximum absolute atomic E-state index is 9.21. The first-order valence-corrected chi connectivity index (χ1v) is 6.38. The summed E-state index contributed by atoms with van der Waals surface area (Å²) in [7, 11) is 0. The molecule has 4 N–H and O–H groups in total. The lowest BCUT2D eigenvalue weighted by Crippen LogP contribution is -2.04. The summed E-state index contributed by atoms with van der Waals surface area (Å²) < 4.78 is 5.56. The Kier molecular flexibility index (Phi) is 3.16. The molecule has 0 aliphatic carbocycles. The van der Waals surface area contributed by atoms with Crippen molar-refractivity contribution in [3.05, 3.63) is 48.0 Å². The van der Waals surface area contributed by atoms with Gasteiger partial charge in [-0.25, -0.2) is 0 Å². The van der Waals surface area contributed by atoms with E-state index in [1.165, 1.54) is 0 Å². The number of aromatic hydroxyl groups is 1. The third-order valence-electron chi connectivity index (χ3n) is 3.04. The largest absolute Gasteiger partial charge is 0.508 e. The van der Waals surface area contributed by atoms with Crippen LogP contribution in [0.1, 0.15) is 5.56 Å². The van der Waals surface area contributed by atoms with E-state index in [9.17, 15) is 5.11 Å². The van der Waals surface area contributed by atoms with E-state index in [-0.39, 0.29) is 5.75 Å². The van der Waals surface area contributed by atoms with Crippen molar-refractivity contribution in [1.82, 2.24) is 4.98 Å². The van der Waals surface area contributed by atoms with Gasteiger partial charge in [0.25, 0.3) is 6.01 Å². The molecule has 0 aliphatic rings. The van der Waals surface area contributed by atoms with Crippen LogP contribution < -0.4 is 11.1 Å². The van der Waals surface area contributed by atoms with Gasteiger partial charge in [0.05, 0.1) is 0 Å². The van der Waals surface area contributed by atoms with Crippen LogP contribution in [0.3, 0.4) is 0 Å². The second kappa shape index (κ2) is 5.13. The van der Waals surface area contributed by atoms with Gasteiger partial charge in [0, 0.05) is 12.2 Å². The van der Waals surface area contributed by atoms with E-state index >= 15 is 0 Å². The highest BCUT2D eigenvalue weighted by molar-refractivity contribution is 5.78. The number of nitrogen functional groups attached to an aromatic ring is 1. The topological polar surface area (TPSA) is 84.3 Å². The Balaban J connectivity index is 1.63. The van der Waals surface area contributed by atoms with Gasteiger partial charge in [0.1, 0.15) is 11.3 Å². The fraction of sp³-hybridized carbons (Fsp3) is 0.133. The molecule has 0 atom stereocenters. The molecule has 0 bridgehead atoms. The Bertz CT molecular complexity index is 720. The third-order valence-corrected chi connectivity index (χ3v) is 3.04. The second-order valence-corrected chi connectivity index (χ2v) is 4.59. The molecule has 0 aliphatic heterocycles. The number of nitrogens with two attached hydrogens (primary N) is 1. The summed E-state index contributed by atoms with van der Waals surface area (Å²) >= 11 is 0. The van der Waals surface area contributed by atoms with Crippen LogP contribution in [0.25, 0.3) is 11.1 Å². The number of oxazole rings is 1. The van der Waals surface area contributed by atoms with Crippen LogP contribution in [-0.2, 0) is 6.42 Å². The molecule has 0 saturated heterocycles. The third kappa shape index (κ3) is 2.66. The first-order valence-electron chi connectivity index (χ1n) is 6.38. The molecule has 2 aromatic carbocycles. The molecule has 0 spiro atoms. The van der Waals surface area contributed by atoms with Crippen molar-refractivity contribution in [2.24, 2.45) is 0 Å². The van der Waals surface area contributed by atoms with Gasteiger partial charge in [-0.05, 0) is 42.3 Å². The summed E-state index contributed by atoms with van der Waals surface area (Å²) in [5.41, 5.74) is 8.96. The molecule has 102 valence electrons. The molecular formula is C15H15N3O2. The number of benzene rings is 2. The number of nitrogens with zero attached hydrogens (tertiary/aromatic N) is 1. The van der Waals surface area contributed by atoms with Crippen LogP contribution in [-0.4, -0.2) is 16.6 Å². The number of hydrogen-bond acceptors (Lipinski definition) is 5. The Morgan fingerprint density at radius 3 is 2.75 bits per heavy atom. The molecule has 3 rings (SSSR count). The number of phenolic OH excluding ortho intramolecular Hbond substituents is 1. The van der Waals surface area contributed by atoms with Gasteiger partial charge in [0.15, 0.2) is 5.58 Å². The Labute approximate surface area is 116 Å². The van der Waals surface area contributed by atoms with Crippen LogP contribution in [0, 0.1) is 0 Å². The number of phenols is 1. The Morgan fingerprint density at radius 2 is 1.95 bits per heavy atom. The lowest BCUT2D eigenvalue weighted by molar-refractivity contribution is 0.475. The lowest BCUT2D eigenvalue weighted by Gasteiger charge is -2.02. The zero-order chi connectivity index (χ0) is 13.9. The van der Waals surface area contributed by atoms with Crippen molar-refractivity contribution in [3.8, 4) is 5.75 Å². The van der Waals surface area contributed by atoms with Crippen LogP contribution in [0.2, 0.25) is 0 Å². The summed E-state index contributed by atoms with van der Waals surface area (Å²) in [6.45, 7) is 0.701. The number of anilines is 2. The molecule has 1 aromatic heterocycles. The average Bonchev–Trinajstić information content (AvgIpc) is 2.83. The normalized spacial score (nSPS) is 10.8. The van der Waals surface area contributed by atoms with E-state index in [1.54, 1.807) is 24.3 Å². The van der Waals surface area contributed by atoms with Crippen molar-refractivity contribution >= 4 is 22.8 Å². The molecule has 0 unspecified atom stereocenters. The zero-order valence-electron chi connectivity index (χ0n) is 10.8. The highest BCUT2D eigenvalue weighted by Gasteiger charge is 2.05. The molecular weight excluding hydrogens is 254 g/mol. The zero-order valence-corrected chi connectivity index (χ0v) is 10.8. The SMILES string of the molecule is Nc1ccc2oc(NCCc3ccc(O)cc3)nc2c1. The molecule has 0 amide bonds. The van der Waals surface area contributed by atoms with Gasteiger partial charge < -0.3 is 20.6 Å². The molecule has 0 radical (unpaired) electrons. The summed E-state index contributed by atoms with van der Waals surface area (Å²) in [5, 5.41) is 12.3. The second-order valence-electron chi connectivity index (χ2n) is 4.59. The number of hydrogen-bond donors (Lipinski definition) is 3. The number of aromatic nitrogens is 1. The molecule has 5 nitrogen and oxygen atoms in total. The predicted octanol–water partition coefficient (Wildman–Crippen LogP) is 2.77. The van der Waals surface area contributed by atoms with Crippen LogP contribution in [0.5, 0.6) is 5.75 Å². The molecule has 5 heteroatoms. The van der Waals surface area contributed by atoms with Crippen LogP contribution in [0.15, 0.2) is 46.9 Å². The van der Waals surface area contributed by atoms with Gasteiger partial charge in [-0.2, -0.15) is 4.98 Å². The number of fused-ring (bicyclic) bond motifs is 1. The minimum Gasteiger partial charge on any atom is -0.508 e. The molecule has 20 heavy (non-hydrogen) atoms. The predicted molar refractivity (Wildman–Crippen MR) is 78.7 cm³/mol. The van der Waals surface area contributed by atoms with Gasteiger partial charge >= 0.3 is 0 Å². The number of nitrogens with one attached hydrogen (secondary N) is 1. The lowest BCUT2D eigenvalue weighted by atomic mass is 10.1. The van der Waals surface area contributed by atoms with Crippen molar-refractivity contribution in [1.29, 1.82) is 0 Å². The molecule has 1 heterocycles. The van der Waals surface area contributed by atoms with E-state index in [2.05, 4.69) is 10.3 Å². The molecule has 3 aromatic rings. The molecule has 0 saturated carbocycles. The van der Waals surface area contributed by atoms with Crippen molar-refractivity contribution < 1.29 is 9.52 Å². The first-order chi connectivity index (χ1) is 9.70. The van der Waals surface area contributed by atoms with Crippen molar-refractivity contribution in [3.63, 3.8) is 0 Å². The van der Waals surface area contributed by atoms with E-state index in [1.807, 2.05) is 18.2 Å². The van der Waals surface area contributed by atoms with Gasteiger partial charge in [-0.1, -0.05) is 12.1 Å². The smallest absolute Gasteiger partial charge is 0.295 e. The highest BCUT2D eigenvalue weighted by atomic mass is 16.4. The fourth-order valence-corrected chi connectivity index (χ4v) is 2.00. The monoisotopic (exact) mass is 269 g/mol. The first kappa shape index (κ1) is 12.3. The van der Waals surface area contributed by atoms with Crippen molar-refractivity contribution in [2.45, 2.75) is 6.42 Å². The molecule has 0 fully saturated rings. The van der Waals surface area contributed by atoms with Crippen LogP contribution >= 0.6 is 0 Å². The van der Waals surface area contributed by atoms with Gasteiger partial charge in [-0.3, -0.25) is 0 Å². The average molecular weight is 269 g/mol. The quantitative estimate of drug-likeness (QED) is 0.634. The summed E-state index contributed by atoms with van der Waals surface area (Å²) in [4.78, 5) is 4.32.